The molecular formula is C17H15NO. The fourth-order valence-corrected chi connectivity index (χ4v) is 1.66. The molecule has 94 valence electrons. The summed E-state index contributed by atoms with van der Waals surface area (Å²) < 4.78 is 5.37. The number of terminal acetylenes is 1. The summed E-state index contributed by atoms with van der Waals surface area (Å²) in [6, 6.07) is 15.7. The summed E-state index contributed by atoms with van der Waals surface area (Å²) in [6.07, 6.45) is 6.99. The Balaban J connectivity index is 2.15. The van der Waals surface area contributed by atoms with Crippen LogP contribution in [0.1, 0.15) is 11.1 Å². The molecule has 2 aromatic carbocycles. The Morgan fingerprint density at radius 1 is 1.21 bits per heavy atom. The van der Waals surface area contributed by atoms with Crippen LogP contribution < -0.4 is 4.74 Å². The van der Waals surface area contributed by atoms with E-state index in [9.17, 15) is 0 Å². The van der Waals surface area contributed by atoms with Gasteiger partial charge in [0.25, 0.3) is 0 Å². The first-order chi connectivity index (χ1) is 9.29. The minimum absolute atomic E-state index is 0.276. The van der Waals surface area contributed by atoms with Crippen LogP contribution in [-0.4, -0.2) is 12.8 Å². The molecule has 0 unspecified atom stereocenters. The highest BCUT2D eigenvalue weighted by Crippen LogP contribution is 2.18. The van der Waals surface area contributed by atoms with Gasteiger partial charge in [-0.15, -0.1) is 6.42 Å². The molecule has 0 aliphatic heterocycles. The molecule has 2 rings (SSSR count). The monoisotopic (exact) mass is 249 g/mol. The lowest BCUT2D eigenvalue weighted by atomic mass is 10.2. The topological polar surface area (TPSA) is 21.6 Å². The van der Waals surface area contributed by atoms with Crippen LogP contribution in [0, 0.1) is 19.3 Å². The predicted octanol–water partition coefficient (Wildman–Crippen LogP) is 3.76. The molecule has 0 atom stereocenters. The molecule has 0 N–H and O–H groups in total. The zero-order valence-corrected chi connectivity index (χ0v) is 10.8. The molecule has 0 aromatic heterocycles. The number of aryl methyl sites for hydroxylation is 1. The van der Waals surface area contributed by atoms with Crippen molar-refractivity contribution in [1.82, 2.24) is 0 Å². The second-order valence-electron chi connectivity index (χ2n) is 4.11. The summed E-state index contributed by atoms with van der Waals surface area (Å²) in [7, 11) is 0. The van der Waals surface area contributed by atoms with Crippen molar-refractivity contribution in [3.05, 3.63) is 59.7 Å². The fraction of sp³-hybridized carbons (Fsp3) is 0.118. The maximum absolute atomic E-state index is 5.37. The number of hydrogen-bond donors (Lipinski definition) is 0. The number of nitrogens with zero attached hydrogens (tertiary/aromatic N) is 1. The molecule has 0 bridgehead atoms. The van der Waals surface area contributed by atoms with Crippen molar-refractivity contribution >= 4 is 11.9 Å². The number of ether oxygens (including phenoxy) is 1. The van der Waals surface area contributed by atoms with E-state index >= 15 is 0 Å². The van der Waals surface area contributed by atoms with E-state index in [0.29, 0.717) is 0 Å². The van der Waals surface area contributed by atoms with Crippen molar-refractivity contribution in [3.63, 3.8) is 0 Å². The third kappa shape index (κ3) is 3.72. The Morgan fingerprint density at radius 3 is 2.84 bits per heavy atom. The lowest BCUT2D eigenvalue weighted by molar-refractivity contribution is 0.370. The van der Waals surface area contributed by atoms with E-state index < -0.39 is 0 Å². The molecule has 0 saturated carbocycles. The largest absolute Gasteiger partial charge is 0.481 e. The van der Waals surface area contributed by atoms with Crippen LogP contribution in [0.2, 0.25) is 0 Å². The molecule has 0 heterocycles. The van der Waals surface area contributed by atoms with Gasteiger partial charge in [0.2, 0.25) is 0 Å². The smallest absolute Gasteiger partial charge is 0.148 e. The van der Waals surface area contributed by atoms with Gasteiger partial charge in [-0.2, -0.15) is 0 Å². The van der Waals surface area contributed by atoms with E-state index in [1.54, 1.807) is 0 Å². The van der Waals surface area contributed by atoms with E-state index in [-0.39, 0.29) is 6.61 Å². The number of aliphatic imine (C=N–C) groups is 1. The van der Waals surface area contributed by atoms with E-state index in [0.717, 1.165) is 22.6 Å². The van der Waals surface area contributed by atoms with Crippen molar-refractivity contribution in [3.8, 4) is 18.1 Å². The quantitative estimate of drug-likeness (QED) is 0.597. The Hall–Kier alpha value is -2.53. The summed E-state index contributed by atoms with van der Waals surface area (Å²) in [5.41, 5.74) is 3.11. The zero-order chi connectivity index (χ0) is 13.5. The van der Waals surface area contributed by atoms with Crippen LogP contribution in [0.4, 0.5) is 5.69 Å². The van der Waals surface area contributed by atoms with E-state index in [2.05, 4.69) is 10.9 Å². The maximum atomic E-state index is 5.37. The first kappa shape index (κ1) is 12.9. The predicted molar refractivity (Wildman–Crippen MR) is 79.2 cm³/mol. The molecule has 0 saturated heterocycles. The van der Waals surface area contributed by atoms with E-state index in [1.165, 1.54) is 0 Å². The van der Waals surface area contributed by atoms with Gasteiger partial charge in [-0.3, -0.25) is 4.99 Å². The number of para-hydroxylation sites is 1. The Labute approximate surface area is 113 Å². The Kier molecular flexibility index (Phi) is 4.36. The van der Waals surface area contributed by atoms with Gasteiger partial charge in [-0.25, -0.2) is 0 Å². The molecule has 2 aromatic rings. The molecule has 0 fully saturated rings. The van der Waals surface area contributed by atoms with E-state index in [4.69, 9.17) is 11.2 Å². The van der Waals surface area contributed by atoms with Crippen LogP contribution in [0.15, 0.2) is 53.5 Å². The van der Waals surface area contributed by atoms with Crippen molar-refractivity contribution < 1.29 is 4.74 Å². The highest BCUT2D eigenvalue weighted by Gasteiger charge is 1.95. The fourth-order valence-electron chi connectivity index (χ4n) is 1.66. The number of rotatable bonds is 4. The van der Waals surface area contributed by atoms with Crippen LogP contribution in [0.5, 0.6) is 5.75 Å². The molecule has 0 aliphatic rings. The SMILES string of the molecule is C#CCOc1cccc(C=Nc2ccccc2C)c1. The summed E-state index contributed by atoms with van der Waals surface area (Å²) in [5.74, 6) is 3.20. The van der Waals surface area contributed by atoms with E-state index in [1.807, 2.05) is 61.7 Å². The van der Waals surface area contributed by atoms with Crippen molar-refractivity contribution in [2.24, 2.45) is 4.99 Å². The van der Waals surface area contributed by atoms with Crippen molar-refractivity contribution in [2.75, 3.05) is 6.61 Å². The third-order valence-corrected chi connectivity index (χ3v) is 2.65. The van der Waals surface area contributed by atoms with Gasteiger partial charge in [-0.1, -0.05) is 36.3 Å². The van der Waals surface area contributed by atoms with Gasteiger partial charge >= 0.3 is 0 Å². The summed E-state index contributed by atoms with van der Waals surface area (Å²) >= 11 is 0. The molecule has 0 radical (unpaired) electrons. The maximum Gasteiger partial charge on any atom is 0.148 e. The third-order valence-electron chi connectivity index (χ3n) is 2.65. The first-order valence-corrected chi connectivity index (χ1v) is 6.05. The molecule has 0 spiro atoms. The Bertz CT molecular complexity index is 623. The minimum atomic E-state index is 0.276. The lowest BCUT2D eigenvalue weighted by Gasteiger charge is -2.03. The average Bonchev–Trinajstić information content (AvgIpc) is 2.45. The normalized spacial score (nSPS) is 10.3. The van der Waals surface area contributed by atoms with Crippen molar-refractivity contribution in [1.29, 1.82) is 0 Å². The highest BCUT2D eigenvalue weighted by molar-refractivity contribution is 5.82. The second kappa shape index (κ2) is 6.42. The van der Waals surface area contributed by atoms with Crippen LogP contribution >= 0.6 is 0 Å². The summed E-state index contributed by atoms with van der Waals surface area (Å²) in [6.45, 7) is 2.32. The standard InChI is InChI=1S/C17H15NO/c1-3-11-19-16-9-6-8-15(12-16)13-18-17-10-5-4-7-14(17)2/h1,4-10,12-13H,11H2,2H3. The number of benzene rings is 2. The first-order valence-electron chi connectivity index (χ1n) is 6.05. The Morgan fingerprint density at radius 2 is 2.05 bits per heavy atom. The molecule has 0 amide bonds. The van der Waals surface area contributed by atoms with Gasteiger partial charge in [0.1, 0.15) is 12.4 Å². The van der Waals surface area contributed by atoms with Crippen LogP contribution in [-0.2, 0) is 0 Å². The molecular weight excluding hydrogens is 234 g/mol. The molecule has 2 nitrogen and oxygen atoms in total. The minimum Gasteiger partial charge on any atom is -0.481 e. The van der Waals surface area contributed by atoms with Gasteiger partial charge in [-0.05, 0) is 36.2 Å². The summed E-state index contributed by atoms with van der Waals surface area (Å²) in [4.78, 5) is 4.48. The second-order valence-corrected chi connectivity index (χ2v) is 4.11. The highest BCUT2D eigenvalue weighted by atomic mass is 16.5. The molecule has 19 heavy (non-hydrogen) atoms. The van der Waals surface area contributed by atoms with Gasteiger partial charge in [0, 0.05) is 6.21 Å². The van der Waals surface area contributed by atoms with Gasteiger partial charge in [0.15, 0.2) is 0 Å². The van der Waals surface area contributed by atoms with Gasteiger partial charge in [0.05, 0.1) is 5.69 Å². The number of hydrogen-bond acceptors (Lipinski definition) is 2. The zero-order valence-electron chi connectivity index (χ0n) is 10.8. The van der Waals surface area contributed by atoms with Crippen LogP contribution in [0.25, 0.3) is 0 Å². The van der Waals surface area contributed by atoms with Gasteiger partial charge < -0.3 is 4.74 Å². The molecule has 0 aliphatic carbocycles. The van der Waals surface area contributed by atoms with Crippen LogP contribution in [0.3, 0.4) is 0 Å². The summed E-state index contributed by atoms with van der Waals surface area (Å²) in [5, 5.41) is 0. The average molecular weight is 249 g/mol. The van der Waals surface area contributed by atoms with Crippen molar-refractivity contribution in [2.45, 2.75) is 6.92 Å². The molecule has 2 heteroatoms. The lowest BCUT2D eigenvalue weighted by Crippen LogP contribution is -1.93.